The number of benzene rings is 1. The molecule has 0 spiro atoms. The van der Waals surface area contributed by atoms with E-state index in [9.17, 15) is 9.59 Å². The van der Waals surface area contributed by atoms with Gasteiger partial charge in [-0.15, -0.1) is 0 Å². The second kappa shape index (κ2) is 5.30. The van der Waals surface area contributed by atoms with Crippen molar-refractivity contribution in [2.45, 2.75) is 18.9 Å². The maximum absolute atomic E-state index is 12.0. The number of carbonyl (C=O) groups excluding carboxylic acids is 2. The number of amides is 2. The van der Waals surface area contributed by atoms with Gasteiger partial charge in [0.15, 0.2) is 0 Å². The van der Waals surface area contributed by atoms with Crippen LogP contribution in [0.25, 0.3) is 0 Å². The Hall–Kier alpha value is -2.04. The minimum atomic E-state index is -0.228. The van der Waals surface area contributed by atoms with E-state index in [-0.39, 0.29) is 17.9 Å². The standard InChI is InChI=1S/C14H18N2O3/c1-15-13(17)9-6-10(14(18)16(2)3)8-12(7-9)19-11-4-5-11/h6-8,11H,4-5H2,1-3H3,(H,15,17). The van der Waals surface area contributed by atoms with Crippen molar-refractivity contribution in [3.63, 3.8) is 0 Å². The molecule has 0 aromatic heterocycles. The van der Waals surface area contributed by atoms with Crippen molar-refractivity contribution >= 4 is 11.8 Å². The van der Waals surface area contributed by atoms with E-state index in [1.807, 2.05) is 0 Å². The Labute approximate surface area is 112 Å². The first-order valence-corrected chi connectivity index (χ1v) is 6.26. The van der Waals surface area contributed by atoms with Crippen LogP contribution in [0.1, 0.15) is 33.6 Å². The maximum atomic E-state index is 12.0. The second-order valence-corrected chi connectivity index (χ2v) is 4.84. The van der Waals surface area contributed by atoms with Crippen LogP contribution in [-0.4, -0.2) is 44.0 Å². The van der Waals surface area contributed by atoms with E-state index in [2.05, 4.69) is 5.32 Å². The van der Waals surface area contributed by atoms with Crippen LogP contribution < -0.4 is 10.1 Å². The summed E-state index contributed by atoms with van der Waals surface area (Å²) in [7, 11) is 4.91. The van der Waals surface area contributed by atoms with Crippen molar-refractivity contribution < 1.29 is 14.3 Å². The van der Waals surface area contributed by atoms with E-state index in [0.29, 0.717) is 16.9 Å². The smallest absolute Gasteiger partial charge is 0.253 e. The molecule has 0 radical (unpaired) electrons. The van der Waals surface area contributed by atoms with E-state index in [1.54, 1.807) is 39.3 Å². The van der Waals surface area contributed by atoms with E-state index in [1.165, 1.54) is 4.90 Å². The average Bonchev–Trinajstić information content (AvgIpc) is 3.20. The molecule has 19 heavy (non-hydrogen) atoms. The molecule has 1 aromatic carbocycles. The molecule has 0 aliphatic heterocycles. The fraction of sp³-hybridized carbons (Fsp3) is 0.429. The Kier molecular flexibility index (Phi) is 3.74. The predicted octanol–water partition coefficient (Wildman–Crippen LogP) is 1.29. The summed E-state index contributed by atoms with van der Waals surface area (Å²) in [6, 6.07) is 4.94. The molecule has 1 saturated carbocycles. The Bertz CT molecular complexity index is 507. The highest BCUT2D eigenvalue weighted by atomic mass is 16.5. The van der Waals surface area contributed by atoms with Gasteiger partial charge >= 0.3 is 0 Å². The van der Waals surface area contributed by atoms with Crippen molar-refractivity contribution in [1.82, 2.24) is 10.2 Å². The monoisotopic (exact) mass is 262 g/mol. The van der Waals surface area contributed by atoms with Crippen LogP contribution in [-0.2, 0) is 0 Å². The molecule has 2 amide bonds. The summed E-state index contributed by atoms with van der Waals surface area (Å²) >= 11 is 0. The zero-order valence-corrected chi connectivity index (χ0v) is 11.4. The maximum Gasteiger partial charge on any atom is 0.253 e. The van der Waals surface area contributed by atoms with Gasteiger partial charge in [-0.1, -0.05) is 0 Å². The van der Waals surface area contributed by atoms with Crippen molar-refractivity contribution in [2.24, 2.45) is 0 Å². The summed E-state index contributed by atoms with van der Waals surface area (Å²) in [5.41, 5.74) is 0.896. The summed E-state index contributed by atoms with van der Waals surface area (Å²) in [4.78, 5) is 25.2. The molecule has 102 valence electrons. The molecule has 0 atom stereocenters. The molecule has 1 fully saturated rings. The zero-order valence-electron chi connectivity index (χ0n) is 11.4. The first-order chi connectivity index (χ1) is 9.01. The van der Waals surface area contributed by atoms with Gasteiger partial charge in [0, 0.05) is 32.3 Å². The number of nitrogens with zero attached hydrogens (tertiary/aromatic N) is 1. The van der Waals surface area contributed by atoms with Crippen molar-refractivity contribution in [3.8, 4) is 5.75 Å². The van der Waals surface area contributed by atoms with E-state index in [4.69, 9.17) is 4.74 Å². The Balaban J connectivity index is 2.35. The minimum absolute atomic E-state index is 0.147. The molecule has 0 heterocycles. The van der Waals surface area contributed by atoms with Gasteiger partial charge in [0.05, 0.1) is 6.10 Å². The summed E-state index contributed by atoms with van der Waals surface area (Å²) in [6.07, 6.45) is 2.28. The average molecular weight is 262 g/mol. The third-order valence-electron chi connectivity index (χ3n) is 2.88. The largest absolute Gasteiger partial charge is 0.490 e. The molecule has 0 saturated heterocycles. The lowest BCUT2D eigenvalue weighted by Crippen LogP contribution is -2.23. The van der Waals surface area contributed by atoms with Gasteiger partial charge in [-0.25, -0.2) is 0 Å². The molecule has 2 rings (SSSR count). The van der Waals surface area contributed by atoms with E-state index in [0.717, 1.165) is 12.8 Å². The molecule has 1 N–H and O–H groups in total. The molecule has 1 aromatic rings. The van der Waals surface area contributed by atoms with Crippen LogP contribution in [0.5, 0.6) is 5.75 Å². The first kappa shape index (κ1) is 13.4. The van der Waals surface area contributed by atoms with Crippen molar-refractivity contribution in [2.75, 3.05) is 21.1 Å². The van der Waals surface area contributed by atoms with Gasteiger partial charge in [-0.3, -0.25) is 9.59 Å². The Morgan fingerprint density at radius 3 is 2.37 bits per heavy atom. The lowest BCUT2D eigenvalue weighted by molar-refractivity contribution is 0.0827. The molecule has 0 unspecified atom stereocenters. The normalized spacial score (nSPS) is 13.8. The lowest BCUT2D eigenvalue weighted by atomic mass is 10.1. The molecule has 1 aliphatic carbocycles. The Morgan fingerprint density at radius 2 is 1.84 bits per heavy atom. The molecular weight excluding hydrogens is 244 g/mol. The quantitative estimate of drug-likeness (QED) is 0.889. The summed E-state index contributed by atoms with van der Waals surface area (Å²) < 4.78 is 5.68. The minimum Gasteiger partial charge on any atom is -0.490 e. The van der Waals surface area contributed by atoms with Gasteiger partial charge in [-0.2, -0.15) is 0 Å². The SMILES string of the molecule is CNC(=O)c1cc(OC2CC2)cc(C(=O)N(C)C)c1. The Morgan fingerprint density at radius 1 is 1.21 bits per heavy atom. The van der Waals surface area contributed by atoms with Gasteiger partial charge < -0.3 is 15.0 Å². The molecule has 5 nitrogen and oxygen atoms in total. The number of rotatable bonds is 4. The highest BCUT2D eigenvalue weighted by Gasteiger charge is 2.24. The third kappa shape index (κ3) is 3.24. The highest BCUT2D eigenvalue weighted by Crippen LogP contribution is 2.28. The summed E-state index contributed by atoms with van der Waals surface area (Å²) in [5.74, 6) is 0.203. The number of nitrogens with one attached hydrogen (secondary N) is 1. The number of hydrogen-bond donors (Lipinski definition) is 1. The highest BCUT2D eigenvalue weighted by molar-refractivity contribution is 6.00. The third-order valence-corrected chi connectivity index (χ3v) is 2.88. The van der Waals surface area contributed by atoms with Crippen LogP contribution in [0, 0.1) is 0 Å². The fourth-order valence-electron chi connectivity index (χ4n) is 1.70. The number of hydrogen-bond acceptors (Lipinski definition) is 3. The van der Waals surface area contributed by atoms with Crippen LogP contribution in [0.2, 0.25) is 0 Å². The number of carbonyl (C=O) groups is 2. The van der Waals surface area contributed by atoms with E-state index < -0.39 is 0 Å². The first-order valence-electron chi connectivity index (χ1n) is 6.26. The molecule has 1 aliphatic rings. The molecule has 0 bridgehead atoms. The molecular formula is C14H18N2O3. The van der Waals surface area contributed by atoms with Crippen LogP contribution in [0.4, 0.5) is 0 Å². The van der Waals surface area contributed by atoms with Gasteiger partial charge in [0.25, 0.3) is 11.8 Å². The van der Waals surface area contributed by atoms with Crippen LogP contribution >= 0.6 is 0 Å². The summed E-state index contributed by atoms with van der Waals surface area (Å²) in [6.45, 7) is 0. The van der Waals surface area contributed by atoms with Gasteiger partial charge in [0.2, 0.25) is 0 Å². The lowest BCUT2D eigenvalue weighted by Gasteiger charge is -2.13. The zero-order chi connectivity index (χ0) is 14.0. The number of ether oxygens (including phenoxy) is 1. The van der Waals surface area contributed by atoms with Gasteiger partial charge in [-0.05, 0) is 31.0 Å². The van der Waals surface area contributed by atoms with Gasteiger partial charge in [0.1, 0.15) is 5.75 Å². The van der Waals surface area contributed by atoms with E-state index >= 15 is 0 Å². The predicted molar refractivity (Wildman–Crippen MR) is 71.5 cm³/mol. The topological polar surface area (TPSA) is 58.6 Å². The van der Waals surface area contributed by atoms with Crippen molar-refractivity contribution in [1.29, 1.82) is 0 Å². The van der Waals surface area contributed by atoms with Crippen molar-refractivity contribution in [3.05, 3.63) is 29.3 Å². The molecule has 5 heteroatoms. The second-order valence-electron chi connectivity index (χ2n) is 4.84. The summed E-state index contributed by atoms with van der Waals surface area (Å²) in [5, 5.41) is 2.55. The van der Waals surface area contributed by atoms with Crippen LogP contribution in [0.15, 0.2) is 18.2 Å². The van der Waals surface area contributed by atoms with Crippen LogP contribution in [0.3, 0.4) is 0 Å². The fourth-order valence-corrected chi connectivity index (χ4v) is 1.70.